The summed E-state index contributed by atoms with van der Waals surface area (Å²) in [6.45, 7) is 4.03. The molecule has 0 saturated carbocycles. The topological polar surface area (TPSA) is 122 Å². The molecule has 2 aromatic carbocycles. The number of Topliss-reactive ketones (excluding diaryl/α,β-unsaturated/α-hetero) is 1. The van der Waals surface area contributed by atoms with Crippen molar-refractivity contribution in [3.63, 3.8) is 0 Å². The molecule has 0 radical (unpaired) electrons. The maximum absolute atomic E-state index is 12.7. The summed E-state index contributed by atoms with van der Waals surface area (Å²) >= 11 is 0. The smallest absolute Gasteiger partial charge is 0.407 e. The zero-order valence-electron chi connectivity index (χ0n) is 18.5. The zero-order valence-corrected chi connectivity index (χ0v) is 18.5. The summed E-state index contributed by atoms with van der Waals surface area (Å²) in [5, 5.41) is 11.9. The molecule has 2 N–H and O–H groups in total. The average Bonchev–Trinajstić information content (AvgIpc) is 2.82. The zero-order chi connectivity index (χ0) is 24.0. The van der Waals surface area contributed by atoms with Crippen LogP contribution in [0.3, 0.4) is 0 Å². The molecule has 0 aliphatic carbocycles. The number of ketones is 1. The van der Waals surface area contributed by atoms with Gasteiger partial charge in [0.2, 0.25) is 0 Å². The second kappa shape index (κ2) is 10.6. The summed E-state index contributed by atoms with van der Waals surface area (Å²) in [7, 11) is 0. The number of benzene rings is 2. The molecule has 3 rings (SSSR count). The van der Waals surface area contributed by atoms with Gasteiger partial charge in [0.25, 0.3) is 5.91 Å². The van der Waals surface area contributed by atoms with Gasteiger partial charge in [-0.1, -0.05) is 6.07 Å². The molecule has 1 aliphatic heterocycles. The van der Waals surface area contributed by atoms with Gasteiger partial charge in [-0.05, 0) is 67.8 Å². The van der Waals surface area contributed by atoms with E-state index in [0.29, 0.717) is 36.4 Å². The Hall–Kier alpha value is -3.88. The largest absolute Gasteiger partial charge is 0.482 e. The number of carboxylic acid groups (broad SMARTS) is 1. The Bertz CT molecular complexity index is 1050. The standard InChI is InChI=1S/C24H26N2O7/c1-3-32-21(27)14-33-20-8-6-16(7-9-20)22(28)15(2)25-23(29)18-4-5-19-13-26(24(30)31)11-10-17(19)12-18/h4-9,12,15H,3,10-11,13-14H2,1-2H3,(H,25,29)(H,30,31)/t15-/m0/s1. The van der Waals surface area contributed by atoms with Crippen molar-refractivity contribution in [1.82, 2.24) is 10.2 Å². The van der Waals surface area contributed by atoms with Crippen LogP contribution < -0.4 is 10.1 Å². The molecule has 2 amide bonds. The molecular weight excluding hydrogens is 428 g/mol. The minimum absolute atomic E-state index is 0.220. The highest BCUT2D eigenvalue weighted by Gasteiger charge is 2.22. The lowest BCUT2D eigenvalue weighted by Gasteiger charge is -2.26. The number of rotatable bonds is 8. The van der Waals surface area contributed by atoms with Crippen LogP contribution in [0.5, 0.6) is 5.75 Å². The van der Waals surface area contributed by atoms with Crippen molar-refractivity contribution >= 4 is 23.8 Å². The van der Waals surface area contributed by atoms with Gasteiger partial charge < -0.3 is 24.8 Å². The summed E-state index contributed by atoms with van der Waals surface area (Å²) < 4.78 is 10.1. The fraction of sp³-hybridized carbons (Fsp3) is 0.333. The molecule has 1 heterocycles. The van der Waals surface area contributed by atoms with Crippen molar-refractivity contribution in [2.75, 3.05) is 19.8 Å². The van der Waals surface area contributed by atoms with Crippen molar-refractivity contribution < 1.29 is 33.8 Å². The Labute approximate surface area is 191 Å². The van der Waals surface area contributed by atoms with Gasteiger partial charge in [-0.25, -0.2) is 9.59 Å². The first kappa shape index (κ1) is 23.8. The molecular formula is C24H26N2O7. The molecule has 0 spiro atoms. The van der Waals surface area contributed by atoms with Gasteiger partial charge in [-0.15, -0.1) is 0 Å². The predicted molar refractivity (Wildman–Crippen MR) is 118 cm³/mol. The number of carbonyl (C=O) groups excluding carboxylic acids is 3. The normalized spacial score (nSPS) is 13.5. The van der Waals surface area contributed by atoms with Crippen LogP contribution in [0.15, 0.2) is 42.5 Å². The molecule has 0 fully saturated rings. The highest BCUT2D eigenvalue weighted by molar-refractivity contribution is 6.04. The fourth-order valence-corrected chi connectivity index (χ4v) is 3.51. The Morgan fingerprint density at radius 2 is 1.76 bits per heavy atom. The third kappa shape index (κ3) is 6.09. The van der Waals surface area contributed by atoms with Gasteiger partial charge in [-0.3, -0.25) is 9.59 Å². The summed E-state index contributed by atoms with van der Waals surface area (Å²) in [5.74, 6) is -0.703. The fourth-order valence-electron chi connectivity index (χ4n) is 3.51. The molecule has 9 nitrogen and oxygen atoms in total. The molecule has 33 heavy (non-hydrogen) atoms. The number of ether oxygens (including phenoxy) is 2. The van der Waals surface area contributed by atoms with Gasteiger partial charge in [0, 0.05) is 24.2 Å². The van der Waals surface area contributed by atoms with Gasteiger partial charge in [0.1, 0.15) is 5.75 Å². The monoisotopic (exact) mass is 454 g/mol. The Kier molecular flexibility index (Phi) is 7.66. The molecule has 1 aliphatic rings. The highest BCUT2D eigenvalue weighted by atomic mass is 16.6. The van der Waals surface area contributed by atoms with E-state index < -0.39 is 18.1 Å². The van der Waals surface area contributed by atoms with E-state index in [1.807, 2.05) is 0 Å². The maximum atomic E-state index is 12.7. The van der Waals surface area contributed by atoms with Crippen LogP contribution in [-0.2, 0) is 22.5 Å². The first-order valence-electron chi connectivity index (χ1n) is 10.6. The maximum Gasteiger partial charge on any atom is 0.407 e. The highest BCUT2D eigenvalue weighted by Crippen LogP contribution is 2.21. The van der Waals surface area contributed by atoms with E-state index in [2.05, 4.69) is 5.32 Å². The minimum atomic E-state index is -0.964. The first-order valence-corrected chi connectivity index (χ1v) is 10.6. The van der Waals surface area contributed by atoms with E-state index in [4.69, 9.17) is 14.6 Å². The molecule has 0 saturated heterocycles. The molecule has 0 bridgehead atoms. The minimum Gasteiger partial charge on any atom is -0.482 e. The van der Waals surface area contributed by atoms with Gasteiger partial charge in [0.05, 0.1) is 12.6 Å². The van der Waals surface area contributed by atoms with Crippen molar-refractivity contribution in [1.29, 1.82) is 0 Å². The van der Waals surface area contributed by atoms with E-state index in [9.17, 15) is 19.2 Å². The van der Waals surface area contributed by atoms with Gasteiger partial charge >= 0.3 is 12.1 Å². The number of carbonyl (C=O) groups is 4. The van der Waals surface area contributed by atoms with E-state index in [1.54, 1.807) is 56.3 Å². The van der Waals surface area contributed by atoms with Crippen LogP contribution in [0, 0.1) is 0 Å². The van der Waals surface area contributed by atoms with E-state index in [-0.39, 0.29) is 24.9 Å². The van der Waals surface area contributed by atoms with Crippen LogP contribution in [-0.4, -0.2) is 59.6 Å². The van der Waals surface area contributed by atoms with Crippen LogP contribution >= 0.6 is 0 Å². The molecule has 2 aromatic rings. The summed E-state index contributed by atoms with van der Waals surface area (Å²) in [4.78, 5) is 49.2. The second-order valence-corrected chi connectivity index (χ2v) is 7.62. The first-order chi connectivity index (χ1) is 15.8. The second-order valence-electron chi connectivity index (χ2n) is 7.62. The summed E-state index contributed by atoms with van der Waals surface area (Å²) in [6.07, 6.45) is -0.435. The third-order valence-electron chi connectivity index (χ3n) is 5.29. The predicted octanol–water partition coefficient (Wildman–Crippen LogP) is 2.67. The summed E-state index contributed by atoms with van der Waals surface area (Å²) in [5.41, 5.74) is 2.61. The number of fused-ring (bicyclic) bond motifs is 1. The lowest BCUT2D eigenvalue weighted by Crippen LogP contribution is -2.39. The third-order valence-corrected chi connectivity index (χ3v) is 5.29. The van der Waals surface area contributed by atoms with Crippen LogP contribution in [0.4, 0.5) is 4.79 Å². The lowest BCUT2D eigenvalue weighted by atomic mass is 9.97. The van der Waals surface area contributed by atoms with Crippen molar-refractivity contribution in [2.24, 2.45) is 0 Å². The van der Waals surface area contributed by atoms with Crippen molar-refractivity contribution in [3.05, 3.63) is 64.7 Å². The van der Waals surface area contributed by atoms with Gasteiger partial charge in [0.15, 0.2) is 12.4 Å². The quantitative estimate of drug-likeness (QED) is 0.464. The Morgan fingerprint density at radius 1 is 1.06 bits per heavy atom. The number of esters is 1. The lowest BCUT2D eigenvalue weighted by molar-refractivity contribution is -0.145. The number of amides is 2. The van der Waals surface area contributed by atoms with Crippen LogP contribution in [0.2, 0.25) is 0 Å². The number of hydrogen-bond acceptors (Lipinski definition) is 6. The van der Waals surface area contributed by atoms with Crippen molar-refractivity contribution in [3.8, 4) is 5.75 Å². The van der Waals surface area contributed by atoms with E-state index in [1.165, 1.54) is 4.90 Å². The molecule has 174 valence electrons. The molecule has 1 atom stereocenters. The van der Waals surface area contributed by atoms with Crippen molar-refractivity contribution in [2.45, 2.75) is 32.9 Å². The van der Waals surface area contributed by atoms with Crippen LogP contribution in [0.25, 0.3) is 0 Å². The van der Waals surface area contributed by atoms with E-state index >= 15 is 0 Å². The average molecular weight is 454 g/mol. The number of nitrogens with zero attached hydrogens (tertiary/aromatic N) is 1. The SMILES string of the molecule is CCOC(=O)COc1ccc(C(=O)[C@H](C)NC(=O)c2ccc3c(c2)CCN(C(=O)O)C3)cc1. The molecule has 0 unspecified atom stereocenters. The van der Waals surface area contributed by atoms with E-state index in [0.717, 1.165) is 11.1 Å². The number of nitrogens with one attached hydrogen (secondary N) is 1. The molecule has 0 aromatic heterocycles. The summed E-state index contributed by atoms with van der Waals surface area (Å²) in [6, 6.07) is 10.7. The van der Waals surface area contributed by atoms with Gasteiger partial charge in [-0.2, -0.15) is 0 Å². The molecule has 9 heteroatoms. The van der Waals surface area contributed by atoms with Crippen LogP contribution in [0.1, 0.15) is 45.7 Å². The Morgan fingerprint density at radius 3 is 2.42 bits per heavy atom. The number of hydrogen-bond donors (Lipinski definition) is 2. The Balaban J connectivity index is 1.58.